The maximum Gasteiger partial charge on any atom is 0.209 e. The van der Waals surface area contributed by atoms with Gasteiger partial charge < -0.3 is 9.30 Å². The third kappa shape index (κ3) is 3.74. The third-order valence-electron chi connectivity index (χ3n) is 6.45. The maximum absolute atomic E-state index is 13.5. The zero-order chi connectivity index (χ0) is 22.2. The lowest BCUT2D eigenvalue weighted by molar-refractivity contribution is 0.0878. The van der Waals surface area contributed by atoms with Gasteiger partial charge in [-0.05, 0) is 37.6 Å². The summed E-state index contributed by atoms with van der Waals surface area (Å²) in [4.78, 5) is 31.4. The Morgan fingerprint density at radius 1 is 0.844 bits per heavy atom. The van der Waals surface area contributed by atoms with Gasteiger partial charge >= 0.3 is 0 Å². The first-order chi connectivity index (χ1) is 15.5. The van der Waals surface area contributed by atoms with Crippen molar-refractivity contribution in [2.75, 3.05) is 39.8 Å². The van der Waals surface area contributed by atoms with Crippen molar-refractivity contribution in [2.45, 2.75) is 6.92 Å². The summed E-state index contributed by atoms with van der Waals surface area (Å²) in [5, 5.41) is 1.03. The fourth-order valence-electron chi connectivity index (χ4n) is 4.49. The number of fused-ring (bicyclic) bond motifs is 3. The van der Waals surface area contributed by atoms with Crippen LogP contribution in [0.3, 0.4) is 0 Å². The molecule has 2 aromatic heterocycles. The first kappa shape index (κ1) is 20.6. The fraction of sp³-hybridized carbons (Fsp3) is 0.259. The number of aromatic nitrogens is 1. The van der Waals surface area contributed by atoms with E-state index in [-0.39, 0.29) is 11.6 Å². The zero-order valence-corrected chi connectivity index (χ0v) is 18.5. The Morgan fingerprint density at radius 2 is 1.56 bits per heavy atom. The van der Waals surface area contributed by atoms with Crippen molar-refractivity contribution >= 4 is 28.0 Å². The Balaban J connectivity index is 1.61. The van der Waals surface area contributed by atoms with Crippen LogP contribution in [0.25, 0.3) is 16.4 Å². The van der Waals surface area contributed by atoms with E-state index >= 15 is 0 Å². The predicted molar refractivity (Wildman–Crippen MR) is 128 cm³/mol. The first-order valence-electron chi connectivity index (χ1n) is 11.1. The molecule has 0 bridgehead atoms. The molecule has 0 spiro atoms. The van der Waals surface area contributed by atoms with Crippen LogP contribution < -0.4 is 0 Å². The van der Waals surface area contributed by atoms with Gasteiger partial charge in [-0.3, -0.25) is 14.5 Å². The van der Waals surface area contributed by atoms with Crippen LogP contribution >= 0.6 is 0 Å². The lowest BCUT2D eigenvalue weighted by Gasteiger charge is -2.31. The van der Waals surface area contributed by atoms with Crippen LogP contribution in [0.15, 0.2) is 66.7 Å². The number of Topliss-reactive ketones (excluding diaryl/α,β-unsaturated/α-hetero) is 1. The zero-order valence-electron chi connectivity index (χ0n) is 18.5. The number of pyridine rings is 1. The van der Waals surface area contributed by atoms with Gasteiger partial charge in [-0.2, -0.15) is 0 Å². The number of ketones is 2. The van der Waals surface area contributed by atoms with Gasteiger partial charge in [-0.1, -0.05) is 54.1 Å². The Kier molecular flexibility index (Phi) is 5.37. The van der Waals surface area contributed by atoms with E-state index in [4.69, 9.17) is 0 Å². The monoisotopic (exact) mass is 425 g/mol. The molecule has 3 heterocycles. The molecule has 1 fully saturated rings. The lowest BCUT2D eigenvalue weighted by atomic mass is 10.1. The highest BCUT2D eigenvalue weighted by Gasteiger charge is 2.24. The second-order valence-electron chi connectivity index (χ2n) is 8.75. The molecular weight excluding hydrogens is 398 g/mol. The Hall–Kier alpha value is -3.28. The van der Waals surface area contributed by atoms with Crippen molar-refractivity contribution in [1.29, 1.82) is 0 Å². The van der Waals surface area contributed by atoms with E-state index in [9.17, 15) is 9.59 Å². The number of aryl methyl sites for hydroxylation is 1. The number of benzene rings is 2. The topological polar surface area (TPSA) is 45.0 Å². The molecule has 0 amide bonds. The molecule has 5 rings (SSSR count). The number of likely N-dealkylation sites (N-methyl/N-ethyl adjacent to an activating group) is 1. The number of hydrogen-bond donors (Lipinski definition) is 0. The molecule has 2 aromatic carbocycles. The largest absolute Gasteiger partial charge is 0.305 e. The summed E-state index contributed by atoms with van der Waals surface area (Å²) in [7, 11) is 2.11. The van der Waals surface area contributed by atoms with Crippen molar-refractivity contribution < 1.29 is 9.59 Å². The summed E-state index contributed by atoms with van der Waals surface area (Å²) in [5.74, 6) is -0.0136. The van der Waals surface area contributed by atoms with Gasteiger partial charge in [0, 0.05) is 37.3 Å². The molecule has 5 nitrogen and oxygen atoms in total. The van der Waals surface area contributed by atoms with Crippen molar-refractivity contribution in [2.24, 2.45) is 0 Å². The molecule has 0 N–H and O–H groups in total. The normalized spacial score (nSPS) is 15.4. The predicted octanol–water partition coefficient (Wildman–Crippen LogP) is 4.06. The highest BCUT2D eigenvalue weighted by molar-refractivity contribution is 6.14. The van der Waals surface area contributed by atoms with Crippen LogP contribution in [0.5, 0.6) is 0 Å². The van der Waals surface area contributed by atoms with Gasteiger partial charge in [-0.25, -0.2) is 0 Å². The number of carbonyl (C=O) groups is 2. The van der Waals surface area contributed by atoms with Crippen molar-refractivity contribution in [3.05, 3.63) is 89.1 Å². The van der Waals surface area contributed by atoms with Crippen LogP contribution in [0.2, 0.25) is 0 Å². The minimum absolute atomic E-state index is 0.0605. The van der Waals surface area contributed by atoms with Gasteiger partial charge in [0.25, 0.3) is 0 Å². The second kappa shape index (κ2) is 8.34. The number of hydrogen-bond acceptors (Lipinski definition) is 4. The fourth-order valence-corrected chi connectivity index (χ4v) is 4.49. The van der Waals surface area contributed by atoms with Crippen LogP contribution in [-0.4, -0.2) is 65.5 Å². The summed E-state index contributed by atoms with van der Waals surface area (Å²) in [5.41, 5.74) is 4.60. The molecule has 32 heavy (non-hydrogen) atoms. The van der Waals surface area contributed by atoms with Crippen molar-refractivity contribution in [3.8, 4) is 0 Å². The number of nitrogens with zero attached hydrogens (tertiary/aromatic N) is 3. The average molecular weight is 426 g/mol. The summed E-state index contributed by atoms with van der Waals surface area (Å²) in [6, 6.07) is 21.4. The minimum Gasteiger partial charge on any atom is -0.305 e. The van der Waals surface area contributed by atoms with E-state index in [0.29, 0.717) is 23.4 Å². The van der Waals surface area contributed by atoms with E-state index < -0.39 is 0 Å². The van der Waals surface area contributed by atoms with E-state index in [0.717, 1.165) is 48.2 Å². The van der Waals surface area contributed by atoms with E-state index in [1.165, 1.54) is 0 Å². The van der Waals surface area contributed by atoms with Crippen molar-refractivity contribution in [3.63, 3.8) is 0 Å². The highest BCUT2D eigenvalue weighted by Crippen LogP contribution is 2.26. The van der Waals surface area contributed by atoms with Crippen LogP contribution in [0.1, 0.15) is 32.0 Å². The van der Waals surface area contributed by atoms with Crippen molar-refractivity contribution in [1.82, 2.24) is 14.2 Å². The summed E-state index contributed by atoms with van der Waals surface area (Å²) >= 11 is 0. The number of piperazine rings is 1. The molecule has 0 atom stereocenters. The minimum atomic E-state index is -0.0741. The average Bonchev–Trinajstić information content (AvgIpc) is 3.21. The quantitative estimate of drug-likeness (QED) is 0.453. The molecule has 1 aliphatic rings. The summed E-state index contributed by atoms with van der Waals surface area (Å²) < 4.78 is 1.95. The molecule has 1 saturated heterocycles. The second-order valence-corrected chi connectivity index (χ2v) is 8.75. The molecular formula is C27H27N3O2. The molecule has 1 aliphatic heterocycles. The Bertz CT molecular complexity index is 1310. The molecule has 0 unspecified atom stereocenters. The summed E-state index contributed by atoms with van der Waals surface area (Å²) in [6.45, 7) is 6.07. The first-order valence-corrected chi connectivity index (χ1v) is 11.1. The van der Waals surface area contributed by atoms with Crippen LogP contribution in [-0.2, 0) is 0 Å². The number of para-hydroxylation sites is 1. The van der Waals surface area contributed by atoms with Crippen LogP contribution in [0, 0.1) is 6.92 Å². The molecule has 0 saturated carbocycles. The third-order valence-corrected chi connectivity index (χ3v) is 6.45. The van der Waals surface area contributed by atoms with E-state index in [1.807, 2.05) is 72.0 Å². The van der Waals surface area contributed by atoms with E-state index in [2.05, 4.69) is 16.8 Å². The standard InChI is InChI=1S/C27H27N3O2/c1-19-7-9-21(10-8-19)27(32)25-17-22(26(31)18-29-15-13-28(2)14-16-29)24-12-11-20-5-3-4-6-23(20)30(24)25/h3-12,17H,13-16,18H2,1-2H3. The van der Waals surface area contributed by atoms with Gasteiger partial charge in [0.05, 0.1) is 23.3 Å². The molecule has 0 aliphatic carbocycles. The molecule has 0 radical (unpaired) electrons. The maximum atomic E-state index is 13.5. The highest BCUT2D eigenvalue weighted by atomic mass is 16.1. The molecule has 5 heteroatoms. The van der Waals surface area contributed by atoms with Crippen LogP contribution in [0.4, 0.5) is 0 Å². The van der Waals surface area contributed by atoms with Gasteiger partial charge in [-0.15, -0.1) is 0 Å². The number of rotatable bonds is 5. The Labute approximate surface area is 187 Å². The molecule has 4 aromatic rings. The smallest absolute Gasteiger partial charge is 0.209 e. The van der Waals surface area contributed by atoms with Gasteiger partial charge in [0.1, 0.15) is 0 Å². The Morgan fingerprint density at radius 3 is 2.31 bits per heavy atom. The SMILES string of the molecule is Cc1ccc(C(=O)c2cc(C(=O)CN3CCN(C)CC3)c3ccc4ccccc4n23)cc1. The van der Waals surface area contributed by atoms with Gasteiger partial charge in [0.2, 0.25) is 5.78 Å². The molecule has 162 valence electrons. The lowest BCUT2D eigenvalue weighted by Crippen LogP contribution is -2.46. The summed E-state index contributed by atoms with van der Waals surface area (Å²) in [6.07, 6.45) is 0. The number of carbonyl (C=O) groups excluding carboxylic acids is 2. The van der Waals surface area contributed by atoms with Gasteiger partial charge in [0.15, 0.2) is 5.78 Å². The van der Waals surface area contributed by atoms with E-state index in [1.54, 1.807) is 6.07 Å².